The number of hydrogen-bond donors (Lipinski definition) is 0. The largest absolute Gasteiger partial charge is 0.492 e. The number of halogens is 1. The number of aldehydes is 1. The molecular formula is C20H23ClO2. The molecule has 0 bridgehead atoms. The summed E-state index contributed by atoms with van der Waals surface area (Å²) in [7, 11) is 0. The molecule has 1 aromatic carbocycles. The smallest absolute Gasteiger partial charge is 0.150 e. The van der Waals surface area contributed by atoms with E-state index < -0.39 is 0 Å². The minimum Gasteiger partial charge on any atom is -0.492 e. The third-order valence-electron chi connectivity index (χ3n) is 3.82. The van der Waals surface area contributed by atoms with Crippen LogP contribution in [0, 0.1) is 0 Å². The molecule has 0 N–H and O–H groups in total. The molecule has 0 atom stereocenters. The molecule has 1 aliphatic rings. The van der Waals surface area contributed by atoms with Crippen LogP contribution in [0.4, 0.5) is 0 Å². The summed E-state index contributed by atoms with van der Waals surface area (Å²) in [6.07, 6.45) is 14.0. The van der Waals surface area contributed by atoms with E-state index in [1.165, 1.54) is 19.3 Å². The molecule has 0 heterocycles. The van der Waals surface area contributed by atoms with Crippen LogP contribution in [0.5, 0.6) is 5.75 Å². The lowest BCUT2D eigenvalue weighted by Crippen LogP contribution is -1.98. The van der Waals surface area contributed by atoms with Gasteiger partial charge in [-0.2, -0.15) is 0 Å². The minimum atomic E-state index is 0.631. The van der Waals surface area contributed by atoms with Crippen LogP contribution in [0.2, 0.25) is 5.02 Å². The van der Waals surface area contributed by atoms with Crippen molar-refractivity contribution < 1.29 is 9.53 Å². The highest BCUT2D eigenvalue weighted by atomic mass is 35.5. The first kappa shape index (κ1) is 17.6. The fourth-order valence-electron chi connectivity index (χ4n) is 2.46. The first-order valence-electron chi connectivity index (χ1n) is 8.20. The van der Waals surface area contributed by atoms with E-state index in [2.05, 4.69) is 6.92 Å². The molecule has 0 radical (unpaired) electrons. The van der Waals surface area contributed by atoms with Crippen LogP contribution in [0.15, 0.2) is 48.1 Å². The van der Waals surface area contributed by atoms with E-state index >= 15 is 0 Å². The lowest BCUT2D eigenvalue weighted by Gasteiger charge is -2.10. The van der Waals surface area contributed by atoms with Gasteiger partial charge >= 0.3 is 0 Å². The van der Waals surface area contributed by atoms with Crippen molar-refractivity contribution in [3.63, 3.8) is 0 Å². The van der Waals surface area contributed by atoms with Crippen LogP contribution in [0.3, 0.4) is 0 Å². The summed E-state index contributed by atoms with van der Waals surface area (Å²) in [5.41, 5.74) is 2.87. The van der Waals surface area contributed by atoms with Crippen molar-refractivity contribution in [3.05, 3.63) is 58.7 Å². The third kappa shape index (κ3) is 5.40. The Hall–Kier alpha value is -1.80. The average molecular weight is 331 g/mol. The molecule has 1 aromatic rings. The van der Waals surface area contributed by atoms with Crippen LogP contribution in [0.1, 0.15) is 44.6 Å². The van der Waals surface area contributed by atoms with E-state index in [0.717, 1.165) is 36.0 Å². The van der Waals surface area contributed by atoms with Gasteiger partial charge in [0.2, 0.25) is 0 Å². The highest BCUT2D eigenvalue weighted by Crippen LogP contribution is 2.30. The molecule has 0 saturated heterocycles. The number of carbonyl (C=O) groups is 1. The van der Waals surface area contributed by atoms with E-state index in [9.17, 15) is 4.79 Å². The maximum atomic E-state index is 10.8. The summed E-state index contributed by atoms with van der Waals surface area (Å²) in [4.78, 5) is 10.8. The van der Waals surface area contributed by atoms with Crippen LogP contribution >= 0.6 is 11.6 Å². The zero-order valence-electron chi connectivity index (χ0n) is 13.6. The van der Waals surface area contributed by atoms with Gasteiger partial charge < -0.3 is 4.74 Å². The van der Waals surface area contributed by atoms with E-state index in [-0.39, 0.29) is 0 Å². The van der Waals surface area contributed by atoms with Crippen molar-refractivity contribution in [3.8, 4) is 5.75 Å². The van der Waals surface area contributed by atoms with Crippen molar-refractivity contribution in [1.82, 2.24) is 0 Å². The molecule has 0 aromatic heterocycles. The predicted molar refractivity (Wildman–Crippen MR) is 97.0 cm³/mol. The fourth-order valence-corrected chi connectivity index (χ4v) is 2.70. The van der Waals surface area contributed by atoms with Gasteiger partial charge in [-0.25, -0.2) is 0 Å². The Morgan fingerprint density at radius 1 is 1.22 bits per heavy atom. The monoisotopic (exact) mass is 330 g/mol. The van der Waals surface area contributed by atoms with Crippen molar-refractivity contribution in [2.45, 2.75) is 39.0 Å². The molecule has 0 fully saturated rings. The SMILES string of the molecule is CCCCCCOc1ccc(C2=CC=C(C=O)C=CC2)cc1Cl. The van der Waals surface area contributed by atoms with Gasteiger partial charge in [0.1, 0.15) is 12.0 Å². The van der Waals surface area contributed by atoms with Gasteiger partial charge in [0.05, 0.1) is 11.6 Å². The molecule has 2 rings (SSSR count). The van der Waals surface area contributed by atoms with E-state index in [4.69, 9.17) is 16.3 Å². The summed E-state index contributed by atoms with van der Waals surface area (Å²) in [6, 6.07) is 5.88. The van der Waals surface area contributed by atoms with Gasteiger partial charge in [0, 0.05) is 5.57 Å². The fraction of sp³-hybridized carbons (Fsp3) is 0.350. The lowest BCUT2D eigenvalue weighted by atomic mass is 10.0. The Bertz CT molecular complexity index is 627. The number of ether oxygens (including phenoxy) is 1. The molecule has 3 heteroatoms. The van der Waals surface area contributed by atoms with Crippen molar-refractivity contribution in [2.75, 3.05) is 6.61 Å². The zero-order chi connectivity index (χ0) is 16.5. The maximum absolute atomic E-state index is 10.8. The minimum absolute atomic E-state index is 0.631. The van der Waals surface area contributed by atoms with Crippen LogP contribution < -0.4 is 4.74 Å². The van der Waals surface area contributed by atoms with Crippen molar-refractivity contribution >= 4 is 23.5 Å². The molecule has 1 aliphatic carbocycles. The summed E-state index contributed by atoms with van der Waals surface area (Å²) in [6.45, 7) is 2.90. The molecule has 0 saturated carbocycles. The second-order valence-electron chi connectivity index (χ2n) is 5.64. The number of carbonyl (C=O) groups excluding carboxylic acids is 1. The van der Waals surface area contributed by atoms with Gasteiger partial charge in [-0.15, -0.1) is 0 Å². The Kier molecular flexibility index (Phi) is 7.15. The van der Waals surface area contributed by atoms with Gasteiger partial charge in [-0.1, -0.05) is 68.2 Å². The number of hydrogen-bond acceptors (Lipinski definition) is 2. The number of rotatable bonds is 8. The first-order chi connectivity index (χ1) is 11.2. The molecular weight excluding hydrogens is 308 g/mol. The predicted octanol–water partition coefficient (Wildman–Crippen LogP) is 5.77. The first-order valence-corrected chi connectivity index (χ1v) is 8.57. The molecule has 122 valence electrons. The molecule has 0 unspecified atom stereocenters. The topological polar surface area (TPSA) is 26.3 Å². The second-order valence-corrected chi connectivity index (χ2v) is 6.04. The summed E-state index contributed by atoms with van der Waals surface area (Å²) in [5.74, 6) is 0.737. The average Bonchev–Trinajstić information content (AvgIpc) is 2.81. The number of unbranched alkanes of at least 4 members (excludes halogenated alkanes) is 3. The molecule has 0 spiro atoms. The normalized spacial score (nSPS) is 14.0. The van der Waals surface area contributed by atoms with Gasteiger partial charge in [-0.3, -0.25) is 4.79 Å². The summed E-state index contributed by atoms with van der Waals surface area (Å²) in [5, 5.41) is 0.631. The molecule has 0 aliphatic heterocycles. The zero-order valence-corrected chi connectivity index (χ0v) is 14.3. The molecule has 0 amide bonds. The third-order valence-corrected chi connectivity index (χ3v) is 4.11. The Labute approximate surface area is 143 Å². The second kappa shape index (κ2) is 9.36. The van der Waals surface area contributed by atoms with Gasteiger partial charge in [0.15, 0.2) is 0 Å². The summed E-state index contributed by atoms with van der Waals surface area (Å²) >= 11 is 6.34. The maximum Gasteiger partial charge on any atom is 0.150 e. The Morgan fingerprint density at radius 2 is 2.09 bits per heavy atom. The number of benzene rings is 1. The van der Waals surface area contributed by atoms with E-state index in [0.29, 0.717) is 17.2 Å². The molecule has 2 nitrogen and oxygen atoms in total. The van der Waals surface area contributed by atoms with Gasteiger partial charge in [-0.05, 0) is 36.1 Å². The van der Waals surface area contributed by atoms with Gasteiger partial charge in [0.25, 0.3) is 0 Å². The molecule has 23 heavy (non-hydrogen) atoms. The van der Waals surface area contributed by atoms with Crippen LogP contribution in [-0.2, 0) is 4.79 Å². The number of allylic oxidation sites excluding steroid dienone is 6. The highest BCUT2D eigenvalue weighted by Gasteiger charge is 2.07. The van der Waals surface area contributed by atoms with Crippen LogP contribution in [-0.4, -0.2) is 12.9 Å². The van der Waals surface area contributed by atoms with E-state index in [1.54, 1.807) is 0 Å². The Morgan fingerprint density at radius 3 is 2.83 bits per heavy atom. The van der Waals surface area contributed by atoms with E-state index in [1.807, 2.05) is 42.5 Å². The Balaban J connectivity index is 2.01. The van der Waals surface area contributed by atoms with Crippen molar-refractivity contribution in [2.24, 2.45) is 0 Å². The standard InChI is InChI=1S/C20H23ClO2/c1-2-3-4-5-13-23-20-12-11-18(14-19(20)21)17-8-6-7-16(15-22)9-10-17/h6-7,9-12,14-15H,2-5,8,13H2,1H3. The van der Waals surface area contributed by atoms with Crippen LogP contribution in [0.25, 0.3) is 5.57 Å². The highest BCUT2D eigenvalue weighted by molar-refractivity contribution is 6.32. The van der Waals surface area contributed by atoms with Crippen molar-refractivity contribution in [1.29, 1.82) is 0 Å². The lowest BCUT2D eigenvalue weighted by molar-refractivity contribution is -0.104. The summed E-state index contributed by atoms with van der Waals surface area (Å²) < 4.78 is 5.76. The quantitative estimate of drug-likeness (QED) is 0.447.